The van der Waals surface area contributed by atoms with Crippen LogP contribution in [-0.4, -0.2) is 24.0 Å². The number of rotatable bonds is 4. The highest BCUT2D eigenvalue weighted by atomic mass is 32.1. The van der Waals surface area contributed by atoms with Crippen molar-refractivity contribution in [3.8, 4) is 5.75 Å². The molecule has 0 spiro atoms. The smallest absolute Gasteiger partial charge is 0.306 e. The average molecular weight is 254 g/mol. The molecule has 1 saturated carbocycles. The highest BCUT2D eigenvalue weighted by Gasteiger charge is 2.35. The standard InChI is InChI=1S/C12H14O4S/c1-16-9-4-5-17-11(9)10(13)7-2-3-8(6-7)12(14)15/h4-5,7-8H,2-3,6H2,1H3,(H,14,15). The Labute approximate surface area is 103 Å². The summed E-state index contributed by atoms with van der Waals surface area (Å²) in [5.41, 5.74) is 0. The van der Waals surface area contributed by atoms with Crippen molar-refractivity contribution in [2.75, 3.05) is 7.11 Å². The number of hydrogen-bond acceptors (Lipinski definition) is 4. The second kappa shape index (κ2) is 4.87. The molecule has 0 saturated heterocycles. The molecule has 1 aliphatic carbocycles. The number of Topliss-reactive ketones (excluding diaryl/α,β-unsaturated/α-hetero) is 1. The summed E-state index contributed by atoms with van der Waals surface area (Å²) < 4.78 is 5.11. The van der Waals surface area contributed by atoms with E-state index in [1.165, 1.54) is 18.4 Å². The van der Waals surface area contributed by atoms with Gasteiger partial charge in [-0.05, 0) is 30.7 Å². The van der Waals surface area contributed by atoms with Gasteiger partial charge >= 0.3 is 5.97 Å². The highest BCUT2D eigenvalue weighted by Crippen LogP contribution is 2.36. The number of thiophene rings is 1. The normalized spacial score (nSPS) is 23.6. The number of carboxylic acid groups (broad SMARTS) is 1. The molecular formula is C12H14O4S. The number of ether oxygens (including phenoxy) is 1. The van der Waals surface area contributed by atoms with Crippen LogP contribution in [-0.2, 0) is 4.79 Å². The van der Waals surface area contributed by atoms with E-state index in [4.69, 9.17) is 9.84 Å². The van der Waals surface area contributed by atoms with Crippen molar-refractivity contribution in [2.24, 2.45) is 11.8 Å². The van der Waals surface area contributed by atoms with Gasteiger partial charge in [-0.15, -0.1) is 11.3 Å². The third-order valence-electron chi connectivity index (χ3n) is 3.23. The molecule has 2 rings (SSSR count). The Morgan fingerprint density at radius 2 is 2.12 bits per heavy atom. The minimum absolute atomic E-state index is 0.0283. The fourth-order valence-corrected chi connectivity index (χ4v) is 3.15. The Morgan fingerprint density at radius 1 is 1.41 bits per heavy atom. The molecule has 5 heteroatoms. The fraction of sp³-hybridized carbons (Fsp3) is 0.500. The maximum Gasteiger partial charge on any atom is 0.306 e. The molecule has 1 N–H and O–H groups in total. The molecule has 0 aliphatic heterocycles. The molecule has 1 fully saturated rings. The fourth-order valence-electron chi connectivity index (χ4n) is 2.27. The first-order valence-corrected chi connectivity index (χ1v) is 6.40. The molecule has 1 aromatic rings. The molecule has 17 heavy (non-hydrogen) atoms. The van der Waals surface area contributed by atoms with Gasteiger partial charge in [-0.2, -0.15) is 0 Å². The number of methoxy groups -OCH3 is 1. The predicted molar refractivity (Wildman–Crippen MR) is 63.7 cm³/mol. The van der Waals surface area contributed by atoms with Gasteiger partial charge in [0.25, 0.3) is 0 Å². The van der Waals surface area contributed by atoms with Crippen LogP contribution in [0.1, 0.15) is 28.9 Å². The molecule has 1 aliphatic rings. The van der Waals surface area contributed by atoms with E-state index in [1.54, 1.807) is 6.07 Å². The molecule has 0 radical (unpaired) electrons. The van der Waals surface area contributed by atoms with Gasteiger partial charge in [0.15, 0.2) is 5.78 Å². The van der Waals surface area contributed by atoms with Crippen LogP contribution in [0.4, 0.5) is 0 Å². The lowest BCUT2D eigenvalue weighted by atomic mass is 9.99. The van der Waals surface area contributed by atoms with Crippen LogP contribution < -0.4 is 4.74 Å². The molecule has 92 valence electrons. The SMILES string of the molecule is COc1ccsc1C(=O)C1CCC(C(=O)O)C1. The van der Waals surface area contributed by atoms with Crippen molar-refractivity contribution < 1.29 is 19.4 Å². The zero-order valence-corrected chi connectivity index (χ0v) is 10.3. The molecule has 0 bridgehead atoms. The van der Waals surface area contributed by atoms with Gasteiger partial charge in [0.05, 0.1) is 13.0 Å². The minimum atomic E-state index is -0.793. The van der Waals surface area contributed by atoms with Crippen LogP contribution >= 0.6 is 11.3 Å². The summed E-state index contributed by atoms with van der Waals surface area (Å²) in [5, 5.41) is 10.7. The van der Waals surface area contributed by atoms with E-state index in [0.717, 1.165) is 0 Å². The molecule has 1 heterocycles. The minimum Gasteiger partial charge on any atom is -0.495 e. The van der Waals surface area contributed by atoms with E-state index in [-0.39, 0.29) is 17.6 Å². The van der Waals surface area contributed by atoms with E-state index < -0.39 is 5.97 Å². The summed E-state index contributed by atoms with van der Waals surface area (Å²) in [7, 11) is 1.54. The van der Waals surface area contributed by atoms with E-state index in [1.807, 2.05) is 5.38 Å². The van der Waals surface area contributed by atoms with Crippen molar-refractivity contribution in [1.29, 1.82) is 0 Å². The van der Waals surface area contributed by atoms with E-state index in [2.05, 4.69) is 0 Å². The number of carboxylic acids is 1. The maximum absolute atomic E-state index is 12.2. The Balaban J connectivity index is 2.09. The lowest BCUT2D eigenvalue weighted by Crippen LogP contribution is -2.14. The average Bonchev–Trinajstić information content (AvgIpc) is 2.96. The number of carbonyl (C=O) groups is 2. The molecule has 2 unspecified atom stereocenters. The van der Waals surface area contributed by atoms with E-state index >= 15 is 0 Å². The molecule has 1 aromatic heterocycles. The summed E-state index contributed by atoms with van der Waals surface area (Å²) in [5.74, 6) is -0.698. The van der Waals surface area contributed by atoms with Crippen LogP contribution in [0, 0.1) is 11.8 Å². The number of ketones is 1. The molecule has 4 nitrogen and oxygen atoms in total. The topological polar surface area (TPSA) is 63.6 Å². The molecule has 0 amide bonds. The highest BCUT2D eigenvalue weighted by molar-refractivity contribution is 7.12. The van der Waals surface area contributed by atoms with Gasteiger partial charge in [0, 0.05) is 5.92 Å². The van der Waals surface area contributed by atoms with Crippen LogP contribution in [0.2, 0.25) is 0 Å². The van der Waals surface area contributed by atoms with Gasteiger partial charge < -0.3 is 9.84 Å². The van der Waals surface area contributed by atoms with Gasteiger partial charge in [0.1, 0.15) is 10.6 Å². The quantitative estimate of drug-likeness (QED) is 0.838. The van der Waals surface area contributed by atoms with Crippen LogP contribution in [0.3, 0.4) is 0 Å². The van der Waals surface area contributed by atoms with Crippen molar-refractivity contribution >= 4 is 23.1 Å². The summed E-state index contributed by atoms with van der Waals surface area (Å²) in [4.78, 5) is 23.7. The number of aliphatic carboxylic acids is 1. The second-order valence-corrected chi connectivity index (χ2v) is 5.14. The number of hydrogen-bond donors (Lipinski definition) is 1. The Hall–Kier alpha value is -1.36. The number of carbonyl (C=O) groups excluding carboxylic acids is 1. The molecule has 2 atom stereocenters. The largest absolute Gasteiger partial charge is 0.495 e. The summed E-state index contributed by atoms with van der Waals surface area (Å²) in [6, 6.07) is 1.77. The summed E-state index contributed by atoms with van der Waals surface area (Å²) in [6.07, 6.45) is 1.71. The maximum atomic E-state index is 12.2. The Morgan fingerprint density at radius 3 is 2.71 bits per heavy atom. The van der Waals surface area contributed by atoms with Crippen LogP contribution in [0.15, 0.2) is 11.4 Å². The third-order valence-corrected chi connectivity index (χ3v) is 4.14. The first-order valence-electron chi connectivity index (χ1n) is 5.52. The Bertz CT molecular complexity index is 437. The lowest BCUT2D eigenvalue weighted by Gasteiger charge is -2.08. The molecular weight excluding hydrogens is 240 g/mol. The van der Waals surface area contributed by atoms with Gasteiger partial charge in [0.2, 0.25) is 0 Å². The van der Waals surface area contributed by atoms with Gasteiger partial charge in [-0.25, -0.2) is 0 Å². The first kappa shape index (κ1) is 12.1. The summed E-state index contributed by atoms with van der Waals surface area (Å²) >= 11 is 1.36. The van der Waals surface area contributed by atoms with Crippen LogP contribution in [0.5, 0.6) is 5.75 Å². The molecule has 0 aromatic carbocycles. The van der Waals surface area contributed by atoms with Crippen molar-refractivity contribution in [3.63, 3.8) is 0 Å². The van der Waals surface area contributed by atoms with Crippen molar-refractivity contribution in [3.05, 3.63) is 16.3 Å². The Kier molecular flexibility index (Phi) is 3.47. The first-order chi connectivity index (χ1) is 8.13. The van der Waals surface area contributed by atoms with Crippen LogP contribution in [0.25, 0.3) is 0 Å². The zero-order valence-electron chi connectivity index (χ0n) is 9.51. The van der Waals surface area contributed by atoms with E-state index in [9.17, 15) is 9.59 Å². The monoisotopic (exact) mass is 254 g/mol. The second-order valence-electron chi connectivity index (χ2n) is 4.23. The van der Waals surface area contributed by atoms with Gasteiger partial charge in [-0.1, -0.05) is 0 Å². The van der Waals surface area contributed by atoms with Crippen molar-refractivity contribution in [2.45, 2.75) is 19.3 Å². The van der Waals surface area contributed by atoms with Crippen molar-refractivity contribution in [1.82, 2.24) is 0 Å². The lowest BCUT2D eigenvalue weighted by molar-refractivity contribution is -0.141. The summed E-state index contributed by atoms with van der Waals surface area (Å²) in [6.45, 7) is 0. The zero-order chi connectivity index (χ0) is 12.4. The third kappa shape index (κ3) is 2.34. The predicted octanol–water partition coefficient (Wildman–Crippen LogP) is 2.44. The van der Waals surface area contributed by atoms with E-state index in [0.29, 0.717) is 29.9 Å². The van der Waals surface area contributed by atoms with Gasteiger partial charge in [-0.3, -0.25) is 9.59 Å².